The predicted octanol–water partition coefficient (Wildman–Crippen LogP) is 5.32. The lowest BCUT2D eigenvalue weighted by molar-refractivity contribution is 0.153. The highest BCUT2D eigenvalue weighted by atomic mass is 33.1. The molecule has 0 aromatic carbocycles. The van der Waals surface area contributed by atoms with Gasteiger partial charge in [0.2, 0.25) is 0 Å². The Morgan fingerprint density at radius 1 is 1.13 bits per heavy atom. The van der Waals surface area contributed by atoms with Gasteiger partial charge >= 0.3 is 7.82 Å². The van der Waals surface area contributed by atoms with E-state index in [2.05, 4.69) is 9.51 Å². The molecule has 0 saturated carbocycles. The van der Waals surface area contributed by atoms with Crippen molar-refractivity contribution in [2.75, 3.05) is 19.0 Å². The van der Waals surface area contributed by atoms with E-state index in [0.29, 0.717) is 0 Å². The first-order valence-corrected chi connectivity index (χ1v) is 11.8. The third-order valence-electron chi connectivity index (χ3n) is 2.95. The van der Waals surface area contributed by atoms with Crippen molar-refractivity contribution in [1.29, 1.82) is 0 Å². The highest BCUT2D eigenvalue weighted by molar-refractivity contribution is 8.76. The molecule has 0 amide bonds. The third kappa shape index (κ3) is 12.0. The van der Waals surface area contributed by atoms with E-state index in [1.165, 1.54) is 19.3 Å². The summed E-state index contributed by atoms with van der Waals surface area (Å²) in [6, 6.07) is 5.95. The molecule has 1 aromatic rings. The predicted molar refractivity (Wildman–Crippen MR) is 97.7 cm³/mol. The zero-order valence-corrected chi connectivity index (χ0v) is 16.1. The second-order valence-electron chi connectivity index (χ2n) is 4.91. The first-order chi connectivity index (χ1) is 11.1. The second-order valence-corrected chi connectivity index (χ2v) is 8.80. The molecule has 132 valence electrons. The molecule has 5 nitrogen and oxygen atoms in total. The van der Waals surface area contributed by atoms with Crippen LogP contribution < -0.4 is 0 Å². The number of aromatic nitrogens is 1. The van der Waals surface area contributed by atoms with Crippen molar-refractivity contribution in [3.05, 3.63) is 24.4 Å². The SMILES string of the molecule is CCOP(=O)(O)OCCCCCCCCSSc1ccccn1. The van der Waals surface area contributed by atoms with Gasteiger partial charge in [0.25, 0.3) is 0 Å². The Bertz CT molecular complexity index is 450. The number of unbranched alkanes of at least 4 members (excludes halogenated alkanes) is 5. The number of hydrogen-bond acceptors (Lipinski definition) is 6. The quantitative estimate of drug-likeness (QED) is 0.267. The fourth-order valence-electron chi connectivity index (χ4n) is 1.85. The highest BCUT2D eigenvalue weighted by Crippen LogP contribution is 2.42. The summed E-state index contributed by atoms with van der Waals surface area (Å²) < 4.78 is 20.7. The van der Waals surface area contributed by atoms with E-state index in [4.69, 9.17) is 4.52 Å². The van der Waals surface area contributed by atoms with Crippen molar-refractivity contribution >= 4 is 29.4 Å². The van der Waals surface area contributed by atoms with Gasteiger partial charge in [0.05, 0.1) is 13.2 Å². The van der Waals surface area contributed by atoms with Gasteiger partial charge in [-0.05, 0) is 42.7 Å². The van der Waals surface area contributed by atoms with Gasteiger partial charge in [0.1, 0.15) is 5.03 Å². The molecule has 0 bridgehead atoms. The molecule has 23 heavy (non-hydrogen) atoms. The second kappa shape index (κ2) is 13.3. The van der Waals surface area contributed by atoms with Crippen molar-refractivity contribution in [1.82, 2.24) is 4.98 Å². The van der Waals surface area contributed by atoms with Crippen LogP contribution in [0.5, 0.6) is 0 Å². The Morgan fingerprint density at radius 2 is 1.87 bits per heavy atom. The van der Waals surface area contributed by atoms with Crippen LogP contribution in [0.25, 0.3) is 0 Å². The van der Waals surface area contributed by atoms with Crippen LogP contribution in [-0.4, -0.2) is 28.8 Å². The lowest BCUT2D eigenvalue weighted by Gasteiger charge is -2.10. The molecule has 0 aliphatic heterocycles. The van der Waals surface area contributed by atoms with E-state index in [9.17, 15) is 9.46 Å². The summed E-state index contributed by atoms with van der Waals surface area (Å²) in [5, 5.41) is 1.06. The molecule has 1 unspecified atom stereocenters. The molecule has 0 aliphatic carbocycles. The van der Waals surface area contributed by atoms with E-state index < -0.39 is 7.82 Å². The Morgan fingerprint density at radius 3 is 2.57 bits per heavy atom. The van der Waals surface area contributed by atoms with Gasteiger partial charge in [-0.2, -0.15) is 0 Å². The van der Waals surface area contributed by atoms with E-state index in [1.54, 1.807) is 17.7 Å². The average Bonchev–Trinajstić information content (AvgIpc) is 2.53. The molecule has 0 radical (unpaired) electrons. The minimum Gasteiger partial charge on any atom is -0.302 e. The molecule has 0 fully saturated rings. The van der Waals surface area contributed by atoms with Gasteiger partial charge < -0.3 is 4.89 Å². The molecular weight excluding hydrogens is 353 g/mol. The molecule has 0 saturated heterocycles. The van der Waals surface area contributed by atoms with Gasteiger partial charge in [-0.1, -0.05) is 42.5 Å². The number of hydrogen-bond donors (Lipinski definition) is 1. The Hall–Kier alpha value is -0.0400. The van der Waals surface area contributed by atoms with Gasteiger partial charge in [-0.3, -0.25) is 9.05 Å². The average molecular weight is 379 g/mol. The monoisotopic (exact) mass is 379 g/mol. The Labute approximate surface area is 147 Å². The van der Waals surface area contributed by atoms with Crippen molar-refractivity contribution in [3.8, 4) is 0 Å². The third-order valence-corrected chi connectivity index (χ3v) is 6.40. The first kappa shape index (κ1) is 21.0. The molecule has 1 N–H and O–H groups in total. The van der Waals surface area contributed by atoms with E-state index in [0.717, 1.165) is 30.0 Å². The van der Waals surface area contributed by atoms with E-state index in [-0.39, 0.29) is 13.2 Å². The Kier molecular flexibility index (Phi) is 12.1. The summed E-state index contributed by atoms with van der Waals surface area (Å²) in [5.41, 5.74) is 0. The fraction of sp³-hybridized carbons (Fsp3) is 0.667. The van der Waals surface area contributed by atoms with Gasteiger partial charge in [-0.15, -0.1) is 0 Å². The smallest absolute Gasteiger partial charge is 0.302 e. The van der Waals surface area contributed by atoms with Crippen LogP contribution in [-0.2, 0) is 13.6 Å². The van der Waals surface area contributed by atoms with Gasteiger partial charge in [0, 0.05) is 11.9 Å². The summed E-state index contributed by atoms with van der Waals surface area (Å²) in [6.45, 7) is 2.13. The van der Waals surface area contributed by atoms with Crippen molar-refractivity contribution in [2.45, 2.75) is 50.5 Å². The molecule has 1 atom stereocenters. The number of rotatable bonds is 14. The van der Waals surface area contributed by atoms with Crippen LogP contribution in [0.2, 0.25) is 0 Å². The van der Waals surface area contributed by atoms with Crippen LogP contribution in [0.1, 0.15) is 45.4 Å². The van der Waals surface area contributed by atoms with Crippen molar-refractivity contribution < 1.29 is 18.5 Å². The van der Waals surface area contributed by atoms with Crippen molar-refractivity contribution in [3.63, 3.8) is 0 Å². The lowest BCUT2D eigenvalue weighted by Crippen LogP contribution is -1.96. The molecule has 1 rings (SSSR count). The summed E-state index contributed by atoms with van der Waals surface area (Å²) >= 11 is 0. The molecule has 1 aromatic heterocycles. The van der Waals surface area contributed by atoms with E-state index in [1.807, 2.05) is 35.2 Å². The highest BCUT2D eigenvalue weighted by Gasteiger charge is 2.18. The van der Waals surface area contributed by atoms with Crippen LogP contribution in [0.4, 0.5) is 0 Å². The summed E-state index contributed by atoms with van der Waals surface area (Å²) in [5.74, 6) is 1.13. The number of pyridine rings is 1. The number of nitrogens with zero attached hydrogens (tertiary/aromatic N) is 1. The molecule has 0 spiro atoms. The lowest BCUT2D eigenvalue weighted by atomic mass is 10.1. The normalized spacial score (nSPS) is 13.8. The zero-order chi connectivity index (χ0) is 16.8. The number of phosphoric ester groups is 1. The minimum absolute atomic E-state index is 0.185. The molecule has 1 heterocycles. The number of phosphoric acid groups is 1. The summed E-state index contributed by atoms with van der Waals surface area (Å²) in [6.07, 6.45) is 8.37. The standard InChI is InChI=1S/C15H26NO4PS2/c1-2-19-21(17,18)20-13-9-5-3-4-6-10-14-22-23-15-11-7-8-12-16-15/h7-8,11-12H,2-6,9-10,13-14H2,1H3,(H,17,18). The maximum atomic E-state index is 11.3. The van der Waals surface area contributed by atoms with Crippen LogP contribution >= 0.6 is 29.4 Å². The van der Waals surface area contributed by atoms with Crippen LogP contribution in [0, 0.1) is 0 Å². The van der Waals surface area contributed by atoms with Crippen molar-refractivity contribution in [2.24, 2.45) is 0 Å². The molecule has 8 heteroatoms. The molecule has 0 aliphatic rings. The van der Waals surface area contributed by atoms with E-state index >= 15 is 0 Å². The van der Waals surface area contributed by atoms with Crippen LogP contribution in [0.15, 0.2) is 29.4 Å². The van der Waals surface area contributed by atoms with Gasteiger partial charge in [-0.25, -0.2) is 9.55 Å². The summed E-state index contributed by atoms with van der Waals surface area (Å²) in [4.78, 5) is 13.5. The fourth-order valence-corrected chi connectivity index (χ4v) is 4.64. The topological polar surface area (TPSA) is 68.7 Å². The van der Waals surface area contributed by atoms with Crippen LogP contribution in [0.3, 0.4) is 0 Å². The largest absolute Gasteiger partial charge is 0.472 e. The maximum absolute atomic E-state index is 11.3. The zero-order valence-electron chi connectivity index (χ0n) is 13.6. The maximum Gasteiger partial charge on any atom is 0.472 e. The Balaban J connectivity index is 1.84. The molecular formula is C15H26NO4PS2. The minimum atomic E-state index is -3.80. The first-order valence-electron chi connectivity index (χ1n) is 7.96. The summed E-state index contributed by atoms with van der Waals surface area (Å²) in [7, 11) is -0.227. The van der Waals surface area contributed by atoms with Gasteiger partial charge in [0.15, 0.2) is 0 Å².